The van der Waals surface area contributed by atoms with E-state index in [2.05, 4.69) is 10.6 Å². The van der Waals surface area contributed by atoms with Crippen molar-refractivity contribution in [3.05, 3.63) is 64.4 Å². The molecule has 166 valence electrons. The van der Waals surface area contributed by atoms with E-state index in [1.807, 2.05) is 12.1 Å². The molecule has 3 aliphatic heterocycles. The lowest BCUT2D eigenvalue weighted by molar-refractivity contribution is -0.127. The number of fused-ring (bicyclic) bond motifs is 4. The minimum Gasteiger partial charge on any atom is -0.497 e. The summed E-state index contributed by atoms with van der Waals surface area (Å²) in [6.07, 6.45) is -0.149. The first-order chi connectivity index (χ1) is 15.9. The van der Waals surface area contributed by atoms with Gasteiger partial charge in [-0.25, -0.2) is 0 Å². The first kappa shape index (κ1) is 19.5. The third kappa shape index (κ3) is 2.71. The largest absolute Gasteiger partial charge is 0.497 e. The van der Waals surface area contributed by atoms with Gasteiger partial charge in [0.2, 0.25) is 11.8 Å². The zero-order valence-corrected chi connectivity index (χ0v) is 17.7. The van der Waals surface area contributed by atoms with Crippen LogP contribution in [-0.2, 0) is 28.1 Å². The summed E-state index contributed by atoms with van der Waals surface area (Å²) in [5, 5.41) is 5.74. The van der Waals surface area contributed by atoms with Crippen LogP contribution in [0.15, 0.2) is 40.8 Å². The quantitative estimate of drug-likeness (QED) is 0.590. The summed E-state index contributed by atoms with van der Waals surface area (Å²) in [4.78, 5) is 52.5. The van der Waals surface area contributed by atoms with Crippen molar-refractivity contribution in [3.8, 4) is 5.75 Å². The lowest BCUT2D eigenvalue weighted by Gasteiger charge is -2.28. The Morgan fingerprint density at radius 1 is 1.09 bits per heavy atom. The van der Waals surface area contributed by atoms with Crippen LogP contribution in [0.4, 0.5) is 0 Å². The van der Waals surface area contributed by atoms with Gasteiger partial charge in [0, 0.05) is 30.6 Å². The van der Waals surface area contributed by atoms with E-state index in [4.69, 9.17) is 9.15 Å². The molecule has 0 bridgehead atoms. The summed E-state index contributed by atoms with van der Waals surface area (Å²) in [6.45, 7) is 0.701. The molecular weight excluding hydrogens is 426 g/mol. The van der Waals surface area contributed by atoms with Crippen molar-refractivity contribution >= 4 is 34.6 Å². The van der Waals surface area contributed by atoms with Crippen LogP contribution in [-0.4, -0.2) is 42.2 Å². The highest BCUT2D eigenvalue weighted by Gasteiger charge is 2.53. The number of benzene rings is 2. The van der Waals surface area contributed by atoms with Gasteiger partial charge in [-0.3, -0.25) is 24.5 Å². The van der Waals surface area contributed by atoms with E-state index >= 15 is 0 Å². The Bertz CT molecular complexity index is 1410. The Labute approximate surface area is 187 Å². The number of rotatable bonds is 4. The van der Waals surface area contributed by atoms with Crippen molar-refractivity contribution in [3.63, 3.8) is 0 Å². The summed E-state index contributed by atoms with van der Waals surface area (Å²) >= 11 is 0. The lowest BCUT2D eigenvalue weighted by atomic mass is 9.82. The second-order valence-electron chi connectivity index (χ2n) is 8.63. The molecule has 0 unspecified atom stereocenters. The second-order valence-corrected chi connectivity index (χ2v) is 8.63. The standard InChI is InChI=1S/C24H19N3O6/c1-32-14-4-2-13-10-27(22(30)15(13)6-14)11-24(8-19(28)26-23(24)31)18-7-16-17(33-18)5-3-12-9-25-21(29)20(12)16/h2-7H,8-11H2,1H3,(H,25,29)(H,26,28,31)/t24-/m1/s1. The number of nitrogens with zero attached hydrogens (tertiary/aromatic N) is 1. The van der Waals surface area contributed by atoms with Crippen molar-refractivity contribution in [2.75, 3.05) is 13.7 Å². The zero-order chi connectivity index (χ0) is 22.9. The van der Waals surface area contributed by atoms with Gasteiger partial charge in [-0.1, -0.05) is 12.1 Å². The van der Waals surface area contributed by atoms with Crippen molar-refractivity contribution in [1.29, 1.82) is 0 Å². The maximum absolute atomic E-state index is 13.2. The molecule has 0 aliphatic carbocycles. The Kier molecular flexibility index (Phi) is 3.95. The fourth-order valence-electron chi connectivity index (χ4n) is 5.04. The highest BCUT2D eigenvalue weighted by molar-refractivity contribution is 6.12. The number of imide groups is 1. The first-order valence-electron chi connectivity index (χ1n) is 10.5. The maximum Gasteiger partial charge on any atom is 0.254 e. The highest BCUT2D eigenvalue weighted by atomic mass is 16.5. The molecule has 3 aromatic rings. The topological polar surface area (TPSA) is 118 Å². The van der Waals surface area contributed by atoms with E-state index in [1.54, 1.807) is 29.2 Å². The Morgan fingerprint density at radius 2 is 1.91 bits per heavy atom. The third-order valence-electron chi connectivity index (χ3n) is 6.73. The molecule has 1 fully saturated rings. The number of hydrogen-bond acceptors (Lipinski definition) is 6. The van der Waals surface area contributed by atoms with Crippen LogP contribution < -0.4 is 15.4 Å². The molecule has 2 aromatic carbocycles. The monoisotopic (exact) mass is 445 g/mol. The fourth-order valence-corrected chi connectivity index (χ4v) is 5.04. The van der Waals surface area contributed by atoms with Crippen LogP contribution in [0.5, 0.6) is 5.75 Å². The number of furan rings is 1. The smallest absolute Gasteiger partial charge is 0.254 e. The van der Waals surface area contributed by atoms with Gasteiger partial charge in [0.15, 0.2) is 0 Å². The summed E-state index contributed by atoms with van der Waals surface area (Å²) in [5.41, 5.74) is 1.75. The Balaban J connectivity index is 1.43. The summed E-state index contributed by atoms with van der Waals surface area (Å²) in [7, 11) is 1.53. The Hall–Kier alpha value is -4.14. The Morgan fingerprint density at radius 3 is 2.67 bits per heavy atom. The third-order valence-corrected chi connectivity index (χ3v) is 6.73. The van der Waals surface area contributed by atoms with Crippen LogP contribution in [0.1, 0.15) is 44.0 Å². The summed E-state index contributed by atoms with van der Waals surface area (Å²) in [6, 6.07) is 10.5. The predicted octanol–water partition coefficient (Wildman–Crippen LogP) is 1.63. The van der Waals surface area contributed by atoms with E-state index in [0.717, 1.165) is 11.1 Å². The van der Waals surface area contributed by atoms with Gasteiger partial charge < -0.3 is 19.4 Å². The van der Waals surface area contributed by atoms with Gasteiger partial charge in [-0.15, -0.1) is 0 Å². The minimum atomic E-state index is -1.39. The average molecular weight is 445 g/mol. The SMILES string of the molecule is COc1ccc2c(c1)C(=O)N(C[C@@]1(c3cc4c5c(ccc4o3)CNC5=O)CC(=O)NC1=O)C2. The molecule has 33 heavy (non-hydrogen) atoms. The summed E-state index contributed by atoms with van der Waals surface area (Å²) in [5.74, 6) is -0.578. The molecule has 2 N–H and O–H groups in total. The van der Waals surface area contributed by atoms with Gasteiger partial charge in [0.1, 0.15) is 22.5 Å². The molecule has 1 saturated heterocycles. The van der Waals surface area contributed by atoms with Crippen LogP contribution in [0.25, 0.3) is 11.0 Å². The molecule has 1 atom stereocenters. The van der Waals surface area contributed by atoms with Gasteiger partial charge in [0.25, 0.3) is 11.8 Å². The molecule has 3 aliphatic rings. The molecule has 1 aromatic heterocycles. The molecular formula is C24H19N3O6. The number of nitrogens with one attached hydrogen (secondary N) is 2. The van der Waals surface area contributed by atoms with Crippen molar-refractivity contribution in [2.24, 2.45) is 0 Å². The van der Waals surface area contributed by atoms with E-state index in [-0.39, 0.29) is 30.5 Å². The number of carbonyl (C=O) groups is 4. The van der Waals surface area contributed by atoms with Crippen molar-refractivity contribution in [2.45, 2.75) is 24.9 Å². The van der Waals surface area contributed by atoms with E-state index in [9.17, 15) is 19.2 Å². The maximum atomic E-state index is 13.2. The second kappa shape index (κ2) is 6.68. The number of hydrogen-bond donors (Lipinski definition) is 2. The molecule has 0 radical (unpaired) electrons. The van der Waals surface area contributed by atoms with Crippen LogP contribution in [0.2, 0.25) is 0 Å². The molecule has 0 spiro atoms. The van der Waals surface area contributed by atoms with Gasteiger partial charge in [0.05, 0.1) is 19.1 Å². The average Bonchev–Trinajstić information content (AvgIpc) is 3.53. The molecule has 4 amide bonds. The fraction of sp³-hybridized carbons (Fsp3) is 0.250. The molecule has 0 saturated carbocycles. The van der Waals surface area contributed by atoms with Gasteiger partial charge in [-0.05, 0) is 35.4 Å². The zero-order valence-electron chi connectivity index (χ0n) is 17.7. The van der Waals surface area contributed by atoms with Crippen molar-refractivity contribution < 1.29 is 28.3 Å². The van der Waals surface area contributed by atoms with E-state index in [0.29, 0.717) is 40.9 Å². The normalized spacial score (nSPS) is 21.4. The highest BCUT2D eigenvalue weighted by Crippen LogP contribution is 2.40. The minimum absolute atomic E-state index is 0.0331. The molecule has 9 nitrogen and oxygen atoms in total. The number of amides is 4. The van der Waals surface area contributed by atoms with Gasteiger partial charge >= 0.3 is 0 Å². The predicted molar refractivity (Wildman–Crippen MR) is 115 cm³/mol. The van der Waals surface area contributed by atoms with Crippen LogP contribution >= 0.6 is 0 Å². The van der Waals surface area contributed by atoms with Crippen molar-refractivity contribution in [1.82, 2.24) is 15.5 Å². The van der Waals surface area contributed by atoms with E-state index in [1.165, 1.54) is 7.11 Å². The van der Waals surface area contributed by atoms with Crippen LogP contribution in [0, 0.1) is 0 Å². The number of carbonyl (C=O) groups excluding carboxylic acids is 4. The molecule has 4 heterocycles. The van der Waals surface area contributed by atoms with E-state index < -0.39 is 17.2 Å². The molecule has 9 heteroatoms. The summed E-state index contributed by atoms with van der Waals surface area (Å²) < 4.78 is 11.3. The first-order valence-corrected chi connectivity index (χ1v) is 10.5. The number of methoxy groups -OCH3 is 1. The van der Waals surface area contributed by atoms with Crippen LogP contribution in [0.3, 0.4) is 0 Å². The van der Waals surface area contributed by atoms with Gasteiger partial charge in [-0.2, -0.15) is 0 Å². The lowest BCUT2D eigenvalue weighted by Crippen LogP contribution is -2.46. The number of ether oxygens (including phenoxy) is 1. The molecule has 6 rings (SSSR count).